The third-order valence-corrected chi connectivity index (χ3v) is 6.70. The zero-order valence-electron chi connectivity index (χ0n) is 16.3. The molecule has 4 aromatic rings. The Morgan fingerprint density at radius 1 is 0.900 bits per heavy atom. The Morgan fingerprint density at radius 2 is 1.70 bits per heavy atom. The first-order valence-electron chi connectivity index (χ1n) is 10.2. The molecule has 148 valence electrons. The van der Waals surface area contributed by atoms with E-state index in [0.29, 0.717) is 0 Å². The summed E-state index contributed by atoms with van der Waals surface area (Å²) in [6.07, 6.45) is 7.99. The first-order chi connectivity index (χ1) is 14.9. The van der Waals surface area contributed by atoms with Gasteiger partial charge in [-0.25, -0.2) is 14.6 Å². The van der Waals surface area contributed by atoms with Gasteiger partial charge in [0, 0.05) is 48.4 Å². The molecule has 1 aromatic carbocycles. The van der Waals surface area contributed by atoms with Crippen molar-refractivity contribution in [2.75, 3.05) is 13.1 Å². The highest BCUT2D eigenvalue weighted by atomic mass is 32.2. The molecule has 0 bridgehead atoms. The van der Waals surface area contributed by atoms with Gasteiger partial charge >= 0.3 is 0 Å². The summed E-state index contributed by atoms with van der Waals surface area (Å²) in [6.45, 7) is 2.13. The van der Waals surface area contributed by atoms with Crippen LogP contribution in [-0.4, -0.2) is 42.7 Å². The van der Waals surface area contributed by atoms with E-state index >= 15 is 0 Å². The van der Waals surface area contributed by atoms with Crippen LogP contribution in [0.1, 0.15) is 24.6 Å². The maximum atomic E-state index is 4.94. The maximum absolute atomic E-state index is 4.94. The number of nitrogens with zero attached hydrogens (tertiary/aromatic N) is 6. The number of aromatic nitrogens is 5. The fourth-order valence-corrected chi connectivity index (χ4v) is 5.17. The summed E-state index contributed by atoms with van der Waals surface area (Å²) in [5.74, 6) is 0.736. The molecule has 1 saturated heterocycles. The standard InChI is InChI=1S/C23H20N6S/c1-2-6-16(7-3-1)18-14-19-21(25-15-18)30-23-26-20(17-8-10-24-11-9-17)27-29(23)22(19)28-12-4-5-13-28/h1-3,6-11,14-15,22H,4-5,12-13H2/t22-/m0/s1. The van der Waals surface area contributed by atoms with Crippen molar-refractivity contribution in [1.29, 1.82) is 0 Å². The van der Waals surface area contributed by atoms with Gasteiger partial charge in [-0.05, 0) is 48.4 Å². The van der Waals surface area contributed by atoms with Gasteiger partial charge in [0.2, 0.25) is 0 Å². The Bertz CT molecular complexity index is 1190. The van der Waals surface area contributed by atoms with E-state index in [0.717, 1.165) is 40.2 Å². The van der Waals surface area contributed by atoms with Crippen LogP contribution in [-0.2, 0) is 0 Å². The first-order valence-corrected chi connectivity index (χ1v) is 11.0. The second kappa shape index (κ2) is 7.34. The van der Waals surface area contributed by atoms with Crippen molar-refractivity contribution >= 4 is 11.8 Å². The molecular formula is C23H20N6S. The third kappa shape index (κ3) is 3.02. The molecule has 0 spiro atoms. The fourth-order valence-electron chi connectivity index (χ4n) is 4.24. The summed E-state index contributed by atoms with van der Waals surface area (Å²) in [7, 11) is 0. The van der Waals surface area contributed by atoms with Gasteiger partial charge in [-0.3, -0.25) is 9.88 Å². The van der Waals surface area contributed by atoms with E-state index in [4.69, 9.17) is 15.1 Å². The van der Waals surface area contributed by atoms with Gasteiger partial charge in [-0.15, -0.1) is 5.10 Å². The maximum Gasteiger partial charge on any atom is 0.194 e. The Morgan fingerprint density at radius 3 is 2.50 bits per heavy atom. The monoisotopic (exact) mass is 412 g/mol. The fraction of sp³-hybridized carbons (Fsp3) is 0.217. The van der Waals surface area contributed by atoms with Crippen LogP contribution in [0.4, 0.5) is 0 Å². The molecule has 2 aliphatic rings. The van der Waals surface area contributed by atoms with E-state index in [2.05, 4.69) is 44.9 Å². The predicted octanol–water partition coefficient (Wildman–Crippen LogP) is 4.51. The lowest BCUT2D eigenvalue weighted by Gasteiger charge is -2.32. The van der Waals surface area contributed by atoms with Crippen molar-refractivity contribution < 1.29 is 0 Å². The highest BCUT2D eigenvalue weighted by Crippen LogP contribution is 2.43. The molecule has 0 N–H and O–H groups in total. The number of likely N-dealkylation sites (tertiary alicyclic amines) is 1. The lowest BCUT2D eigenvalue weighted by Crippen LogP contribution is -2.34. The van der Waals surface area contributed by atoms with Crippen LogP contribution in [0.5, 0.6) is 0 Å². The van der Waals surface area contributed by atoms with E-state index in [1.165, 1.54) is 24.0 Å². The minimum absolute atomic E-state index is 0.0259. The lowest BCUT2D eigenvalue weighted by molar-refractivity contribution is 0.182. The van der Waals surface area contributed by atoms with Crippen LogP contribution in [0.25, 0.3) is 22.5 Å². The van der Waals surface area contributed by atoms with Crippen LogP contribution in [0, 0.1) is 0 Å². The number of fused-ring (bicyclic) bond motifs is 2. The van der Waals surface area contributed by atoms with Crippen LogP contribution < -0.4 is 0 Å². The zero-order valence-corrected chi connectivity index (χ0v) is 17.2. The van der Waals surface area contributed by atoms with E-state index in [1.807, 2.05) is 24.4 Å². The van der Waals surface area contributed by atoms with E-state index < -0.39 is 0 Å². The van der Waals surface area contributed by atoms with Crippen molar-refractivity contribution in [3.8, 4) is 22.5 Å². The number of hydrogen-bond donors (Lipinski definition) is 0. The Kier molecular flexibility index (Phi) is 4.35. The quantitative estimate of drug-likeness (QED) is 0.493. The van der Waals surface area contributed by atoms with E-state index in [9.17, 15) is 0 Å². The van der Waals surface area contributed by atoms with Gasteiger partial charge in [0.15, 0.2) is 11.0 Å². The number of hydrogen-bond acceptors (Lipinski definition) is 6. The van der Waals surface area contributed by atoms with Crippen molar-refractivity contribution in [2.45, 2.75) is 29.2 Å². The molecule has 5 heterocycles. The molecular weight excluding hydrogens is 392 g/mol. The molecule has 6 rings (SSSR count). The van der Waals surface area contributed by atoms with Crippen LogP contribution in [0.15, 0.2) is 77.3 Å². The van der Waals surface area contributed by atoms with Gasteiger partial charge < -0.3 is 0 Å². The summed E-state index contributed by atoms with van der Waals surface area (Å²) in [5, 5.41) is 6.85. The summed E-state index contributed by atoms with van der Waals surface area (Å²) < 4.78 is 2.09. The summed E-state index contributed by atoms with van der Waals surface area (Å²) in [4.78, 5) is 16.3. The molecule has 0 unspecified atom stereocenters. The molecule has 3 aromatic heterocycles. The SMILES string of the molecule is c1ccc(-c2cnc3c(c2)[C@@H](N2CCCC2)n2nc(-c4ccncc4)nc2S3)cc1. The molecule has 7 heteroatoms. The Hall–Kier alpha value is -3.03. The van der Waals surface area contributed by atoms with Crippen molar-refractivity contribution in [2.24, 2.45) is 0 Å². The van der Waals surface area contributed by atoms with Crippen LogP contribution >= 0.6 is 11.8 Å². The Balaban J connectivity index is 1.48. The minimum Gasteiger partial charge on any atom is -0.278 e. The molecule has 0 amide bonds. The average molecular weight is 413 g/mol. The van der Waals surface area contributed by atoms with Gasteiger partial charge in [0.05, 0.1) is 0 Å². The van der Waals surface area contributed by atoms with Gasteiger partial charge in [-0.2, -0.15) is 0 Å². The molecule has 0 aliphatic carbocycles. The van der Waals surface area contributed by atoms with E-state index in [-0.39, 0.29) is 6.17 Å². The number of benzene rings is 1. The van der Waals surface area contributed by atoms with E-state index in [1.54, 1.807) is 24.2 Å². The third-order valence-electron chi connectivity index (χ3n) is 5.71. The van der Waals surface area contributed by atoms with Gasteiger partial charge in [-0.1, -0.05) is 30.3 Å². The normalized spacial score (nSPS) is 18.2. The summed E-state index contributed by atoms with van der Waals surface area (Å²) in [6, 6.07) is 16.6. The van der Waals surface area contributed by atoms with Crippen LogP contribution in [0.3, 0.4) is 0 Å². The first kappa shape index (κ1) is 17.8. The molecule has 2 aliphatic heterocycles. The molecule has 1 atom stereocenters. The topological polar surface area (TPSA) is 59.7 Å². The molecule has 6 nitrogen and oxygen atoms in total. The molecule has 0 saturated carbocycles. The molecule has 1 fully saturated rings. The van der Waals surface area contributed by atoms with Gasteiger partial charge in [0.25, 0.3) is 0 Å². The number of rotatable bonds is 3. The second-order valence-corrected chi connectivity index (χ2v) is 8.56. The average Bonchev–Trinajstić information content (AvgIpc) is 3.48. The Labute approximate surface area is 179 Å². The van der Waals surface area contributed by atoms with Crippen molar-refractivity contribution in [3.05, 3.63) is 72.7 Å². The molecule has 0 radical (unpaired) electrons. The van der Waals surface area contributed by atoms with Crippen molar-refractivity contribution in [3.63, 3.8) is 0 Å². The van der Waals surface area contributed by atoms with Gasteiger partial charge in [0.1, 0.15) is 11.2 Å². The number of pyridine rings is 2. The minimum atomic E-state index is 0.0259. The molecule has 30 heavy (non-hydrogen) atoms. The predicted molar refractivity (Wildman–Crippen MR) is 116 cm³/mol. The largest absolute Gasteiger partial charge is 0.278 e. The van der Waals surface area contributed by atoms with Crippen molar-refractivity contribution in [1.82, 2.24) is 29.6 Å². The van der Waals surface area contributed by atoms with Crippen LogP contribution in [0.2, 0.25) is 0 Å². The highest BCUT2D eigenvalue weighted by Gasteiger charge is 2.35. The summed E-state index contributed by atoms with van der Waals surface area (Å²) in [5.41, 5.74) is 4.51. The zero-order chi connectivity index (χ0) is 19.9. The summed E-state index contributed by atoms with van der Waals surface area (Å²) >= 11 is 1.60. The smallest absolute Gasteiger partial charge is 0.194 e. The highest BCUT2D eigenvalue weighted by molar-refractivity contribution is 7.99. The lowest BCUT2D eigenvalue weighted by atomic mass is 10.0. The second-order valence-electron chi connectivity index (χ2n) is 7.60.